The summed E-state index contributed by atoms with van der Waals surface area (Å²) in [4.78, 5) is 14.6. The first-order valence-electron chi connectivity index (χ1n) is 9.97. The van der Waals surface area contributed by atoms with Crippen LogP contribution in [0.4, 0.5) is 0 Å². The van der Waals surface area contributed by atoms with Crippen molar-refractivity contribution in [1.29, 1.82) is 0 Å². The average Bonchev–Trinajstić information content (AvgIpc) is 2.89. The second-order valence-corrected chi connectivity index (χ2v) is 7.83. The van der Waals surface area contributed by atoms with Crippen LogP contribution in [0.25, 0.3) is 0 Å². The third kappa shape index (κ3) is 6.36. The van der Waals surface area contributed by atoms with Gasteiger partial charge >= 0.3 is 5.97 Å². The number of aliphatic hydroxyl groups excluding tert-OH is 2. The van der Waals surface area contributed by atoms with E-state index in [9.17, 15) is 15.0 Å². The van der Waals surface area contributed by atoms with Crippen molar-refractivity contribution in [2.24, 2.45) is 17.8 Å². The number of carboxylic acid groups (broad SMARTS) is 1. The lowest BCUT2D eigenvalue weighted by Gasteiger charge is -2.25. The van der Waals surface area contributed by atoms with Crippen molar-refractivity contribution in [3.8, 4) is 0 Å². The quantitative estimate of drug-likeness (QED) is 0.518. The summed E-state index contributed by atoms with van der Waals surface area (Å²) in [6.07, 6.45) is 10.1. The molecule has 1 aliphatic rings. The first-order valence-corrected chi connectivity index (χ1v) is 9.97. The second kappa shape index (κ2) is 10.6. The van der Waals surface area contributed by atoms with Crippen LogP contribution in [0.1, 0.15) is 76.4 Å². The predicted molar refractivity (Wildman–Crippen MR) is 101 cm³/mol. The zero-order valence-electron chi connectivity index (χ0n) is 15.8. The van der Waals surface area contributed by atoms with E-state index in [1.807, 2.05) is 12.1 Å². The topological polar surface area (TPSA) is 90.7 Å². The SMILES string of the molecule is CC1CC(O)C(CCC(O)c2cccnc2)C1CCCCCCC(=O)O. The van der Waals surface area contributed by atoms with E-state index >= 15 is 0 Å². The Balaban J connectivity index is 1.76. The highest BCUT2D eigenvalue weighted by molar-refractivity contribution is 5.66. The number of rotatable bonds is 11. The molecule has 0 aromatic carbocycles. The molecule has 0 saturated heterocycles. The number of aliphatic carboxylic acids is 1. The summed E-state index contributed by atoms with van der Waals surface area (Å²) in [5, 5.41) is 29.5. The van der Waals surface area contributed by atoms with Crippen LogP contribution in [0.3, 0.4) is 0 Å². The zero-order chi connectivity index (χ0) is 18.9. The highest BCUT2D eigenvalue weighted by Crippen LogP contribution is 2.43. The number of hydrogen-bond donors (Lipinski definition) is 3. The Morgan fingerprint density at radius 1 is 1.23 bits per heavy atom. The van der Waals surface area contributed by atoms with Crippen molar-refractivity contribution in [2.75, 3.05) is 0 Å². The molecule has 1 fully saturated rings. The van der Waals surface area contributed by atoms with E-state index in [-0.39, 0.29) is 18.4 Å². The summed E-state index contributed by atoms with van der Waals surface area (Å²) in [5.41, 5.74) is 0.836. The summed E-state index contributed by atoms with van der Waals surface area (Å²) in [5.74, 6) is 0.523. The Hall–Kier alpha value is -1.46. The molecule has 1 aromatic heterocycles. The van der Waals surface area contributed by atoms with Crippen LogP contribution in [0.5, 0.6) is 0 Å². The number of aliphatic hydroxyl groups is 2. The number of pyridine rings is 1. The molecule has 26 heavy (non-hydrogen) atoms. The predicted octanol–water partition coefficient (Wildman–Crippen LogP) is 3.95. The lowest BCUT2D eigenvalue weighted by atomic mass is 9.82. The molecule has 5 atom stereocenters. The van der Waals surface area contributed by atoms with Crippen LogP contribution >= 0.6 is 0 Å². The van der Waals surface area contributed by atoms with Crippen molar-refractivity contribution in [3.63, 3.8) is 0 Å². The molecule has 0 aliphatic heterocycles. The molecule has 1 heterocycles. The summed E-state index contributed by atoms with van der Waals surface area (Å²) in [6.45, 7) is 2.22. The summed E-state index contributed by atoms with van der Waals surface area (Å²) < 4.78 is 0. The highest BCUT2D eigenvalue weighted by Gasteiger charge is 2.39. The molecule has 0 amide bonds. The Kier molecular flexibility index (Phi) is 8.52. The van der Waals surface area contributed by atoms with Gasteiger partial charge in [0.05, 0.1) is 12.2 Å². The summed E-state index contributed by atoms with van der Waals surface area (Å²) in [7, 11) is 0. The molecular formula is C21H33NO4. The van der Waals surface area contributed by atoms with Crippen LogP contribution in [0, 0.1) is 17.8 Å². The number of hydrogen-bond acceptors (Lipinski definition) is 4. The van der Waals surface area contributed by atoms with E-state index < -0.39 is 12.1 Å². The Labute approximate surface area is 156 Å². The van der Waals surface area contributed by atoms with Crippen LogP contribution < -0.4 is 0 Å². The fraction of sp³-hybridized carbons (Fsp3) is 0.714. The third-order valence-corrected chi connectivity index (χ3v) is 5.91. The minimum atomic E-state index is -0.718. The minimum absolute atomic E-state index is 0.246. The molecule has 0 spiro atoms. The molecule has 1 aromatic rings. The molecule has 5 heteroatoms. The largest absolute Gasteiger partial charge is 0.481 e. The van der Waals surface area contributed by atoms with E-state index in [0.717, 1.165) is 50.5 Å². The molecule has 3 N–H and O–H groups in total. The van der Waals surface area contributed by atoms with Gasteiger partial charge in [0, 0.05) is 18.8 Å². The van der Waals surface area contributed by atoms with Gasteiger partial charge in [-0.3, -0.25) is 9.78 Å². The van der Waals surface area contributed by atoms with E-state index in [4.69, 9.17) is 5.11 Å². The van der Waals surface area contributed by atoms with Crippen molar-refractivity contribution >= 4 is 5.97 Å². The molecule has 1 aliphatic carbocycles. The number of aromatic nitrogens is 1. The van der Waals surface area contributed by atoms with E-state index in [1.165, 1.54) is 0 Å². The summed E-state index contributed by atoms with van der Waals surface area (Å²) >= 11 is 0. The monoisotopic (exact) mass is 363 g/mol. The fourth-order valence-electron chi connectivity index (χ4n) is 4.44. The van der Waals surface area contributed by atoms with Gasteiger partial charge in [0.2, 0.25) is 0 Å². The minimum Gasteiger partial charge on any atom is -0.481 e. The van der Waals surface area contributed by atoms with Gasteiger partial charge in [-0.15, -0.1) is 0 Å². The van der Waals surface area contributed by atoms with Crippen LogP contribution in [0.15, 0.2) is 24.5 Å². The first-order chi connectivity index (χ1) is 12.5. The molecule has 0 bridgehead atoms. The maximum atomic E-state index is 10.5. The second-order valence-electron chi connectivity index (χ2n) is 7.83. The van der Waals surface area contributed by atoms with Crippen LogP contribution in [-0.2, 0) is 4.79 Å². The maximum absolute atomic E-state index is 10.5. The van der Waals surface area contributed by atoms with Crippen molar-refractivity contribution in [3.05, 3.63) is 30.1 Å². The normalized spacial score (nSPS) is 26.7. The Bertz CT molecular complexity index is 536. The van der Waals surface area contributed by atoms with Gasteiger partial charge in [0.1, 0.15) is 0 Å². The fourth-order valence-corrected chi connectivity index (χ4v) is 4.44. The zero-order valence-corrected chi connectivity index (χ0v) is 15.8. The number of carbonyl (C=O) groups is 1. The Morgan fingerprint density at radius 2 is 2.00 bits per heavy atom. The van der Waals surface area contributed by atoms with E-state index in [2.05, 4.69) is 11.9 Å². The van der Waals surface area contributed by atoms with Crippen LogP contribution in [-0.4, -0.2) is 32.4 Å². The van der Waals surface area contributed by atoms with E-state index in [0.29, 0.717) is 18.3 Å². The van der Waals surface area contributed by atoms with Gasteiger partial charge in [-0.2, -0.15) is 0 Å². The lowest BCUT2D eigenvalue weighted by molar-refractivity contribution is -0.137. The van der Waals surface area contributed by atoms with Gasteiger partial charge < -0.3 is 15.3 Å². The number of unbranched alkanes of at least 4 members (excludes halogenated alkanes) is 3. The van der Waals surface area contributed by atoms with Crippen molar-refractivity contribution < 1.29 is 20.1 Å². The lowest BCUT2D eigenvalue weighted by Crippen LogP contribution is -2.21. The maximum Gasteiger partial charge on any atom is 0.303 e. The van der Waals surface area contributed by atoms with Gasteiger partial charge in [-0.05, 0) is 61.5 Å². The average molecular weight is 363 g/mol. The van der Waals surface area contributed by atoms with Gasteiger partial charge in [-0.25, -0.2) is 0 Å². The van der Waals surface area contributed by atoms with Crippen molar-refractivity contribution in [2.45, 2.75) is 76.9 Å². The number of carboxylic acids is 1. The Morgan fingerprint density at radius 3 is 2.69 bits per heavy atom. The van der Waals surface area contributed by atoms with Gasteiger partial charge in [0.15, 0.2) is 0 Å². The molecule has 5 nitrogen and oxygen atoms in total. The van der Waals surface area contributed by atoms with Gasteiger partial charge in [0.25, 0.3) is 0 Å². The van der Waals surface area contributed by atoms with Gasteiger partial charge in [-0.1, -0.05) is 32.3 Å². The smallest absolute Gasteiger partial charge is 0.303 e. The van der Waals surface area contributed by atoms with Crippen molar-refractivity contribution in [1.82, 2.24) is 4.98 Å². The summed E-state index contributed by atoms with van der Waals surface area (Å²) in [6, 6.07) is 3.72. The molecular weight excluding hydrogens is 330 g/mol. The number of nitrogens with zero attached hydrogens (tertiary/aromatic N) is 1. The highest BCUT2D eigenvalue weighted by atomic mass is 16.4. The molecule has 5 unspecified atom stereocenters. The molecule has 146 valence electrons. The van der Waals surface area contributed by atoms with E-state index in [1.54, 1.807) is 12.4 Å². The first kappa shape index (κ1) is 20.8. The molecule has 1 saturated carbocycles. The standard InChI is InChI=1S/C21H33NO4/c1-15-13-20(24)18(10-11-19(23)16-7-6-12-22-14-16)17(15)8-4-2-3-5-9-21(25)26/h6-7,12,14-15,17-20,23-24H,2-5,8-11,13H2,1H3,(H,25,26). The molecule has 2 rings (SSSR count). The van der Waals surface area contributed by atoms with Crippen LogP contribution in [0.2, 0.25) is 0 Å². The molecule has 0 radical (unpaired) electrons. The third-order valence-electron chi connectivity index (χ3n) is 5.91.